The standard InChI is InChI=1S/C22H26ClFN6O/c23-16-9-5-15(6-10-16)21(31)28-22(26-18-3-1-2-4-18)27-20-13-19(29-30(20)25)14-7-11-17(24)12-8-14/h5-12,18-20,29H,1-4,13,25H2,(H2,26,27,28,31). The summed E-state index contributed by atoms with van der Waals surface area (Å²) in [5.74, 6) is 5.98. The zero-order chi connectivity index (χ0) is 21.8. The number of benzene rings is 2. The van der Waals surface area contributed by atoms with E-state index in [1.54, 1.807) is 36.4 Å². The number of nitrogens with zero attached hydrogens (tertiary/aromatic N) is 2. The second kappa shape index (κ2) is 9.74. The van der Waals surface area contributed by atoms with Crippen molar-refractivity contribution in [1.82, 2.24) is 21.2 Å². The van der Waals surface area contributed by atoms with E-state index >= 15 is 0 Å². The molecule has 1 aliphatic heterocycles. The summed E-state index contributed by atoms with van der Waals surface area (Å²) in [6, 6.07) is 13.2. The van der Waals surface area contributed by atoms with Crippen LogP contribution in [0, 0.1) is 5.82 Å². The lowest BCUT2D eigenvalue weighted by molar-refractivity contribution is 0.0974. The van der Waals surface area contributed by atoms with Crippen LogP contribution in [-0.2, 0) is 0 Å². The summed E-state index contributed by atoms with van der Waals surface area (Å²) in [5.41, 5.74) is 4.57. The Morgan fingerprint density at radius 1 is 1.13 bits per heavy atom. The summed E-state index contributed by atoms with van der Waals surface area (Å²) >= 11 is 5.92. The molecule has 9 heteroatoms. The van der Waals surface area contributed by atoms with Crippen LogP contribution in [0.15, 0.2) is 53.5 Å². The van der Waals surface area contributed by atoms with E-state index in [1.807, 2.05) is 0 Å². The number of hydrazine groups is 2. The molecule has 2 atom stereocenters. The van der Waals surface area contributed by atoms with Gasteiger partial charge in [-0.05, 0) is 54.8 Å². The van der Waals surface area contributed by atoms with Crippen molar-refractivity contribution in [2.24, 2.45) is 10.8 Å². The minimum Gasteiger partial charge on any atom is -0.353 e. The number of hydrogen-bond donors (Lipinski definition) is 4. The zero-order valence-corrected chi connectivity index (χ0v) is 17.8. The second-order valence-corrected chi connectivity index (χ2v) is 8.36. The molecule has 2 fully saturated rings. The van der Waals surface area contributed by atoms with Gasteiger partial charge in [0, 0.05) is 23.0 Å². The van der Waals surface area contributed by atoms with E-state index in [4.69, 9.17) is 22.4 Å². The Balaban J connectivity index is 1.50. The molecule has 164 valence electrons. The Labute approximate surface area is 185 Å². The van der Waals surface area contributed by atoms with E-state index < -0.39 is 6.17 Å². The van der Waals surface area contributed by atoms with Crippen molar-refractivity contribution in [3.8, 4) is 0 Å². The van der Waals surface area contributed by atoms with Crippen LogP contribution >= 0.6 is 11.6 Å². The van der Waals surface area contributed by atoms with Gasteiger partial charge in [0.05, 0.1) is 6.04 Å². The van der Waals surface area contributed by atoms with Crippen molar-refractivity contribution in [1.29, 1.82) is 0 Å². The fraction of sp³-hybridized carbons (Fsp3) is 0.364. The van der Waals surface area contributed by atoms with Crippen LogP contribution in [0.1, 0.15) is 54.1 Å². The Morgan fingerprint density at radius 3 is 2.48 bits per heavy atom. The first kappa shape index (κ1) is 21.7. The maximum Gasteiger partial charge on any atom is 0.257 e. The smallest absolute Gasteiger partial charge is 0.257 e. The molecule has 2 aromatic carbocycles. The topological polar surface area (TPSA) is 94.8 Å². The van der Waals surface area contributed by atoms with E-state index in [0.717, 1.165) is 31.2 Å². The number of aliphatic imine (C=N–C) groups is 1. The molecular weight excluding hydrogens is 419 g/mol. The lowest BCUT2D eigenvalue weighted by atomic mass is 10.0. The third-order valence-electron chi connectivity index (χ3n) is 5.66. The first-order valence-electron chi connectivity index (χ1n) is 10.4. The molecule has 4 rings (SSSR count). The predicted molar refractivity (Wildman–Crippen MR) is 118 cm³/mol. The van der Waals surface area contributed by atoms with Gasteiger partial charge >= 0.3 is 0 Å². The molecule has 0 aromatic heterocycles. The van der Waals surface area contributed by atoms with E-state index in [1.165, 1.54) is 17.3 Å². The van der Waals surface area contributed by atoms with E-state index in [-0.39, 0.29) is 23.8 Å². The minimum atomic E-state index is -0.399. The molecule has 7 nitrogen and oxygen atoms in total. The van der Waals surface area contributed by atoms with Crippen molar-refractivity contribution >= 4 is 23.5 Å². The van der Waals surface area contributed by atoms with Gasteiger partial charge in [-0.15, -0.1) is 0 Å². The molecule has 0 bridgehead atoms. The van der Waals surface area contributed by atoms with Crippen LogP contribution < -0.4 is 21.9 Å². The van der Waals surface area contributed by atoms with Crippen LogP contribution in [0.3, 0.4) is 0 Å². The molecule has 1 heterocycles. The molecule has 1 saturated heterocycles. The quantitative estimate of drug-likeness (QED) is 0.330. The van der Waals surface area contributed by atoms with Crippen molar-refractivity contribution in [2.75, 3.05) is 0 Å². The number of rotatable bonds is 4. The first-order chi connectivity index (χ1) is 15.0. The highest BCUT2D eigenvalue weighted by Gasteiger charge is 2.31. The Hall–Kier alpha value is -2.52. The molecule has 2 aromatic rings. The van der Waals surface area contributed by atoms with Crippen LogP contribution in [0.2, 0.25) is 5.02 Å². The van der Waals surface area contributed by atoms with Crippen molar-refractivity contribution in [3.63, 3.8) is 0 Å². The maximum absolute atomic E-state index is 13.2. The summed E-state index contributed by atoms with van der Waals surface area (Å²) < 4.78 is 13.2. The fourth-order valence-electron chi connectivity index (χ4n) is 3.96. The van der Waals surface area contributed by atoms with Gasteiger partial charge < -0.3 is 5.32 Å². The zero-order valence-electron chi connectivity index (χ0n) is 17.0. The molecule has 31 heavy (non-hydrogen) atoms. The molecule has 0 radical (unpaired) electrons. The van der Waals surface area contributed by atoms with Crippen molar-refractivity contribution in [3.05, 3.63) is 70.5 Å². The first-order valence-corrected chi connectivity index (χ1v) is 10.8. The summed E-state index contributed by atoms with van der Waals surface area (Å²) in [6.45, 7) is 0. The molecule has 1 amide bonds. The van der Waals surface area contributed by atoms with Crippen LogP contribution in [0.25, 0.3) is 0 Å². The molecular formula is C22H26ClFN6O. The van der Waals surface area contributed by atoms with Crippen molar-refractivity contribution in [2.45, 2.75) is 50.4 Å². The van der Waals surface area contributed by atoms with Gasteiger partial charge in [-0.3, -0.25) is 16.0 Å². The molecule has 2 unspecified atom stereocenters. The number of hydrogen-bond acceptors (Lipinski definition) is 5. The maximum atomic E-state index is 13.2. The molecule has 1 aliphatic carbocycles. The van der Waals surface area contributed by atoms with Gasteiger partial charge in [0.25, 0.3) is 5.91 Å². The van der Waals surface area contributed by atoms with Gasteiger partial charge in [-0.1, -0.05) is 36.6 Å². The summed E-state index contributed by atoms with van der Waals surface area (Å²) in [4.78, 5) is 17.5. The highest BCUT2D eigenvalue weighted by atomic mass is 35.5. The van der Waals surface area contributed by atoms with Gasteiger partial charge in [-0.2, -0.15) is 5.12 Å². The van der Waals surface area contributed by atoms with Crippen LogP contribution in [0.5, 0.6) is 0 Å². The average Bonchev–Trinajstić information content (AvgIpc) is 3.39. The number of halogens is 2. The van der Waals surface area contributed by atoms with Crippen LogP contribution in [0.4, 0.5) is 4.39 Å². The lowest BCUT2D eigenvalue weighted by Crippen LogP contribution is -2.48. The fourth-order valence-corrected chi connectivity index (χ4v) is 4.09. The number of guanidine groups is 1. The third-order valence-corrected chi connectivity index (χ3v) is 5.91. The minimum absolute atomic E-state index is 0.0981. The highest BCUT2D eigenvalue weighted by molar-refractivity contribution is 6.30. The lowest BCUT2D eigenvalue weighted by Gasteiger charge is -2.20. The van der Waals surface area contributed by atoms with Gasteiger partial charge in [0.2, 0.25) is 0 Å². The second-order valence-electron chi connectivity index (χ2n) is 7.92. The third kappa shape index (κ3) is 5.59. The van der Waals surface area contributed by atoms with E-state index in [2.05, 4.69) is 16.1 Å². The normalized spacial score (nSPS) is 22.6. The van der Waals surface area contributed by atoms with Gasteiger partial charge in [0.15, 0.2) is 5.96 Å². The molecule has 2 aliphatic rings. The molecule has 5 N–H and O–H groups in total. The Bertz CT molecular complexity index is 930. The monoisotopic (exact) mass is 444 g/mol. The Morgan fingerprint density at radius 2 is 1.81 bits per heavy atom. The summed E-state index contributed by atoms with van der Waals surface area (Å²) in [6.07, 6.45) is 4.54. The van der Waals surface area contributed by atoms with Gasteiger partial charge in [-0.25, -0.2) is 14.8 Å². The SMILES string of the molecule is NN1NC(c2ccc(F)cc2)CC1N=C(NC(=O)c1ccc(Cl)cc1)NC1CCCC1. The largest absolute Gasteiger partial charge is 0.353 e. The number of nitrogens with two attached hydrogens (primary N) is 1. The van der Waals surface area contributed by atoms with E-state index in [9.17, 15) is 9.18 Å². The Kier molecular flexibility index (Phi) is 6.82. The number of carbonyl (C=O) groups excluding carboxylic acids is 1. The number of nitrogens with one attached hydrogen (secondary N) is 3. The molecule has 1 saturated carbocycles. The number of carbonyl (C=O) groups is 1. The highest BCUT2D eigenvalue weighted by Crippen LogP contribution is 2.26. The molecule has 0 spiro atoms. The number of amides is 1. The summed E-state index contributed by atoms with van der Waals surface area (Å²) in [7, 11) is 0. The summed E-state index contributed by atoms with van der Waals surface area (Å²) in [5, 5.41) is 8.25. The predicted octanol–water partition coefficient (Wildman–Crippen LogP) is 3.25. The average molecular weight is 445 g/mol. The van der Waals surface area contributed by atoms with E-state index in [0.29, 0.717) is 23.0 Å². The van der Waals surface area contributed by atoms with Gasteiger partial charge in [0.1, 0.15) is 12.0 Å². The van der Waals surface area contributed by atoms with Crippen LogP contribution in [-0.4, -0.2) is 29.2 Å². The van der Waals surface area contributed by atoms with Crippen molar-refractivity contribution < 1.29 is 9.18 Å².